The summed E-state index contributed by atoms with van der Waals surface area (Å²) >= 11 is 6.49. The smallest absolute Gasteiger partial charge is 0.405 e. The molecular formula is C21H23ClN4O2. The molecule has 1 aliphatic heterocycles. The predicted octanol–water partition coefficient (Wildman–Crippen LogP) is 4.34. The Morgan fingerprint density at radius 1 is 1.36 bits per heavy atom. The van der Waals surface area contributed by atoms with Crippen LogP contribution in [-0.4, -0.2) is 29.8 Å². The van der Waals surface area contributed by atoms with Crippen molar-refractivity contribution in [3.8, 4) is 17.2 Å². The topological polar surface area (TPSA) is 92.2 Å². The van der Waals surface area contributed by atoms with Crippen molar-refractivity contribution in [2.24, 2.45) is 5.73 Å². The number of nitrogens with two attached hydrogens (primary N) is 1. The Kier molecular flexibility index (Phi) is 5.48. The SMILES string of the molecule is Cc1cccc(-c2c(C#N)cc(N3CCC(C)(OC(N)=O)CC3)nc2C)c1Cl. The van der Waals surface area contributed by atoms with Gasteiger partial charge in [-0.05, 0) is 32.4 Å². The molecule has 0 atom stereocenters. The number of aryl methyl sites for hydroxylation is 2. The van der Waals surface area contributed by atoms with Crippen LogP contribution in [0.2, 0.25) is 5.02 Å². The minimum absolute atomic E-state index is 0.539. The summed E-state index contributed by atoms with van der Waals surface area (Å²) in [7, 11) is 0. The van der Waals surface area contributed by atoms with Crippen molar-refractivity contribution in [1.29, 1.82) is 5.26 Å². The summed E-state index contributed by atoms with van der Waals surface area (Å²) in [6.45, 7) is 7.03. The summed E-state index contributed by atoms with van der Waals surface area (Å²) in [6.07, 6.45) is 0.532. The molecule has 0 radical (unpaired) electrons. The number of nitriles is 1. The maximum Gasteiger partial charge on any atom is 0.405 e. The van der Waals surface area contributed by atoms with E-state index in [-0.39, 0.29) is 0 Å². The fourth-order valence-corrected chi connectivity index (χ4v) is 3.86. The lowest BCUT2D eigenvalue weighted by Gasteiger charge is -2.39. The maximum absolute atomic E-state index is 11.1. The van der Waals surface area contributed by atoms with Gasteiger partial charge in [0.05, 0.1) is 16.7 Å². The molecule has 1 aromatic heterocycles. The van der Waals surface area contributed by atoms with E-state index >= 15 is 0 Å². The number of halogens is 1. The predicted molar refractivity (Wildman–Crippen MR) is 109 cm³/mol. The Morgan fingerprint density at radius 3 is 2.64 bits per heavy atom. The molecule has 146 valence electrons. The number of pyridine rings is 1. The molecule has 1 saturated heterocycles. The number of hydrogen-bond acceptors (Lipinski definition) is 5. The molecule has 1 aliphatic rings. The van der Waals surface area contributed by atoms with E-state index in [9.17, 15) is 10.1 Å². The highest BCUT2D eigenvalue weighted by Crippen LogP contribution is 2.36. The van der Waals surface area contributed by atoms with Crippen LogP contribution in [0.3, 0.4) is 0 Å². The first-order valence-corrected chi connectivity index (χ1v) is 9.52. The van der Waals surface area contributed by atoms with E-state index in [2.05, 4.69) is 11.0 Å². The van der Waals surface area contributed by atoms with Gasteiger partial charge in [-0.1, -0.05) is 29.8 Å². The number of hydrogen-bond donors (Lipinski definition) is 1. The lowest BCUT2D eigenvalue weighted by molar-refractivity contribution is 0.0126. The molecule has 0 spiro atoms. The normalized spacial score (nSPS) is 15.8. The summed E-state index contributed by atoms with van der Waals surface area (Å²) in [5, 5.41) is 10.4. The van der Waals surface area contributed by atoms with Crippen molar-refractivity contribution >= 4 is 23.5 Å². The second-order valence-electron chi connectivity index (χ2n) is 7.39. The summed E-state index contributed by atoms with van der Waals surface area (Å²) in [5.41, 5.74) is 8.43. The van der Waals surface area contributed by atoms with E-state index in [0.717, 1.165) is 28.2 Å². The minimum atomic E-state index is -0.754. The summed E-state index contributed by atoms with van der Waals surface area (Å²) in [6, 6.07) is 9.87. The molecule has 0 bridgehead atoms. The largest absolute Gasteiger partial charge is 0.443 e. The number of carbonyl (C=O) groups excluding carboxylic acids is 1. The van der Waals surface area contributed by atoms with Crippen molar-refractivity contribution in [3.05, 3.63) is 46.1 Å². The zero-order valence-electron chi connectivity index (χ0n) is 16.3. The van der Waals surface area contributed by atoms with E-state index in [0.29, 0.717) is 36.5 Å². The van der Waals surface area contributed by atoms with Gasteiger partial charge in [-0.3, -0.25) is 0 Å². The quantitative estimate of drug-likeness (QED) is 0.829. The van der Waals surface area contributed by atoms with Gasteiger partial charge in [0.25, 0.3) is 0 Å². The van der Waals surface area contributed by atoms with Crippen LogP contribution in [0.5, 0.6) is 0 Å². The molecule has 3 rings (SSSR count). The first-order valence-electron chi connectivity index (χ1n) is 9.15. The highest BCUT2D eigenvalue weighted by Gasteiger charge is 2.34. The molecule has 2 N–H and O–H groups in total. The van der Waals surface area contributed by atoms with Crippen molar-refractivity contribution < 1.29 is 9.53 Å². The standard InChI is InChI=1S/C21H23ClN4O2/c1-13-5-4-6-16(19(13)22)18-14(2)25-17(11-15(18)12-23)26-9-7-21(3,8-10-26)28-20(24)27/h4-6,11H,7-10H2,1-3H3,(H2,24,27). The van der Waals surface area contributed by atoms with Crippen molar-refractivity contribution in [3.63, 3.8) is 0 Å². The van der Waals surface area contributed by atoms with Gasteiger partial charge >= 0.3 is 6.09 Å². The minimum Gasteiger partial charge on any atom is -0.443 e. The van der Waals surface area contributed by atoms with Crippen LogP contribution in [0.15, 0.2) is 24.3 Å². The number of rotatable bonds is 3. The summed E-state index contributed by atoms with van der Waals surface area (Å²) < 4.78 is 5.26. The third kappa shape index (κ3) is 3.90. The Balaban J connectivity index is 1.92. The van der Waals surface area contributed by atoms with E-state index < -0.39 is 11.7 Å². The fourth-order valence-electron chi connectivity index (χ4n) is 3.64. The number of carbonyl (C=O) groups is 1. The van der Waals surface area contributed by atoms with E-state index in [4.69, 9.17) is 27.1 Å². The van der Waals surface area contributed by atoms with Gasteiger partial charge in [-0.25, -0.2) is 9.78 Å². The van der Waals surface area contributed by atoms with Crippen LogP contribution in [-0.2, 0) is 4.74 Å². The van der Waals surface area contributed by atoms with Crippen molar-refractivity contribution in [2.75, 3.05) is 18.0 Å². The molecule has 2 aromatic rings. The average molecular weight is 399 g/mol. The molecule has 0 unspecified atom stereocenters. The number of anilines is 1. The number of ether oxygens (including phenoxy) is 1. The van der Waals surface area contributed by atoms with Gasteiger partial charge in [0, 0.05) is 42.8 Å². The van der Waals surface area contributed by atoms with Gasteiger partial charge in [-0.15, -0.1) is 0 Å². The second-order valence-corrected chi connectivity index (χ2v) is 7.77. The zero-order valence-corrected chi connectivity index (χ0v) is 17.0. The molecule has 1 aromatic carbocycles. The van der Waals surface area contributed by atoms with Crippen molar-refractivity contribution in [2.45, 2.75) is 39.2 Å². The highest BCUT2D eigenvalue weighted by atomic mass is 35.5. The van der Waals surface area contributed by atoms with Crippen LogP contribution in [0.25, 0.3) is 11.1 Å². The van der Waals surface area contributed by atoms with Crippen LogP contribution in [0.4, 0.5) is 10.6 Å². The number of aromatic nitrogens is 1. The molecular weight excluding hydrogens is 376 g/mol. The lowest BCUT2D eigenvalue weighted by atomic mass is 9.93. The number of primary amides is 1. The first-order chi connectivity index (χ1) is 13.2. The zero-order chi connectivity index (χ0) is 20.5. The number of nitrogens with zero attached hydrogens (tertiary/aromatic N) is 3. The van der Waals surface area contributed by atoms with Crippen LogP contribution >= 0.6 is 11.6 Å². The molecule has 6 nitrogen and oxygen atoms in total. The van der Waals surface area contributed by atoms with Crippen molar-refractivity contribution in [1.82, 2.24) is 4.98 Å². The van der Waals surface area contributed by atoms with Gasteiger partial charge in [0.15, 0.2) is 0 Å². The lowest BCUT2D eigenvalue weighted by Crippen LogP contribution is -2.46. The first kappa shape index (κ1) is 20.0. The highest BCUT2D eigenvalue weighted by molar-refractivity contribution is 6.34. The van der Waals surface area contributed by atoms with Crippen LogP contribution in [0, 0.1) is 25.2 Å². The Hall–Kier alpha value is -2.78. The van der Waals surface area contributed by atoms with Gasteiger partial charge in [-0.2, -0.15) is 5.26 Å². The van der Waals surface area contributed by atoms with Crippen LogP contribution in [0.1, 0.15) is 36.6 Å². The maximum atomic E-state index is 11.1. The second kappa shape index (κ2) is 7.69. The molecule has 0 aliphatic carbocycles. The molecule has 1 fully saturated rings. The molecule has 7 heteroatoms. The molecule has 2 heterocycles. The average Bonchev–Trinajstić information content (AvgIpc) is 2.63. The third-order valence-corrected chi connectivity index (χ3v) is 5.76. The Labute approximate surface area is 169 Å². The van der Waals surface area contributed by atoms with Crippen LogP contribution < -0.4 is 10.6 Å². The molecule has 1 amide bonds. The fraction of sp³-hybridized carbons (Fsp3) is 0.381. The van der Waals surface area contributed by atoms with E-state index in [1.807, 2.05) is 39.0 Å². The molecule has 28 heavy (non-hydrogen) atoms. The molecule has 0 saturated carbocycles. The number of amides is 1. The Bertz CT molecular complexity index is 960. The van der Waals surface area contributed by atoms with Gasteiger partial charge in [0.1, 0.15) is 11.4 Å². The van der Waals surface area contributed by atoms with Gasteiger partial charge in [0.2, 0.25) is 0 Å². The summed E-state index contributed by atoms with van der Waals surface area (Å²) in [5.74, 6) is 0.739. The monoisotopic (exact) mass is 398 g/mol. The third-order valence-electron chi connectivity index (χ3n) is 5.26. The Morgan fingerprint density at radius 2 is 2.04 bits per heavy atom. The number of benzene rings is 1. The van der Waals surface area contributed by atoms with E-state index in [1.165, 1.54) is 0 Å². The van der Waals surface area contributed by atoms with Gasteiger partial charge < -0.3 is 15.4 Å². The number of piperidine rings is 1. The van der Waals surface area contributed by atoms with E-state index in [1.54, 1.807) is 6.07 Å². The summed E-state index contributed by atoms with van der Waals surface area (Å²) in [4.78, 5) is 17.9.